The third-order valence-electron chi connectivity index (χ3n) is 3.28. The van der Waals surface area contributed by atoms with E-state index in [1.807, 2.05) is 0 Å². The second kappa shape index (κ2) is 7.33. The fourth-order valence-corrected chi connectivity index (χ4v) is 1.93. The third-order valence-corrected chi connectivity index (χ3v) is 3.28. The van der Waals surface area contributed by atoms with Crippen LogP contribution in [0.15, 0.2) is 4.42 Å². The van der Waals surface area contributed by atoms with Gasteiger partial charge >= 0.3 is 6.01 Å². The van der Waals surface area contributed by atoms with Crippen molar-refractivity contribution in [3.8, 4) is 0 Å². The van der Waals surface area contributed by atoms with Crippen LogP contribution >= 0.6 is 0 Å². The Morgan fingerprint density at radius 1 is 1.33 bits per heavy atom. The van der Waals surface area contributed by atoms with Crippen molar-refractivity contribution in [3.63, 3.8) is 0 Å². The molecule has 2 rings (SSSR count). The van der Waals surface area contributed by atoms with Gasteiger partial charge in [0.25, 0.3) is 0 Å². The molecule has 0 saturated heterocycles. The van der Waals surface area contributed by atoms with Gasteiger partial charge in [0.2, 0.25) is 5.89 Å². The Balaban J connectivity index is 1.59. The molecule has 0 atom stereocenters. The lowest BCUT2D eigenvalue weighted by molar-refractivity contribution is 0.198. The molecule has 1 heterocycles. The van der Waals surface area contributed by atoms with Gasteiger partial charge in [0.1, 0.15) is 0 Å². The highest BCUT2D eigenvalue weighted by Crippen LogP contribution is 2.29. The molecule has 0 radical (unpaired) electrons. The molecule has 1 fully saturated rings. The van der Waals surface area contributed by atoms with E-state index in [0.29, 0.717) is 25.1 Å². The molecule has 0 aromatic carbocycles. The summed E-state index contributed by atoms with van der Waals surface area (Å²) >= 11 is 0. The lowest BCUT2D eigenvalue weighted by atomic mass is 9.83. The summed E-state index contributed by atoms with van der Waals surface area (Å²) in [4.78, 5) is 0. The number of nitrogens with zero attached hydrogens (tertiary/aromatic N) is 2. The number of rotatable bonds is 9. The second-order valence-corrected chi connectivity index (χ2v) is 4.68. The van der Waals surface area contributed by atoms with Crippen LogP contribution in [0.5, 0.6) is 0 Å². The summed E-state index contributed by atoms with van der Waals surface area (Å²) in [5.41, 5.74) is 0. The number of nitrogens with one attached hydrogen (secondary N) is 2. The maximum atomic E-state index is 5.46. The standard InChI is InChI=1S/C12H22N4O2/c1-17-8-7-13-9-11-15-16-12(18-11)14-6-5-10-3-2-4-10/h10,13H,2-9H2,1H3,(H,14,16). The Labute approximate surface area is 107 Å². The van der Waals surface area contributed by atoms with E-state index in [1.54, 1.807) is 7.11 Å². The Bertz CT molecular complexity index is 339. The minimum absolute atomic E-state index is 0.526. The Hall–Kier alpha value is -1.14. The maximum Gasteiger partial charge on any atom is 0.315 e. The number of ether oxygens (including phenoxy) is 1. The van der Waals surface area contributed by atoms with Gasteiger partial charge in [0, 0.05) is 20.2 Å². The molecular formula is C12H22N4O2. The maximum absolute atomic E-state index is 5.46. The average molecular weight is 254 g/mol. The van der Waals surface area contributed by atoms with Gasteiger partial charge in [0.05, 0.1) is 13.2 Å². The van der Waals surface area contributed by atoms with Crippen LogP contribution in [0, 0.1) is 5.92 Å². The summed E-state index contributed by atoms with van der Waals surface area (Å²) in [6.45, 7) is 2.97. The number of hydrogen-bond acceptors (Lipinski definition) is 6. The summed E-state index contributed by atoms with van der Waals surface area (Å²) in [5.74, 6) is 1.51. The zero-order chi connectivity index (χ0) is 12.6. The Kier molecular flexibility index (Phi) is 5.41. The van der Waals surface area contributed by atoms with Crippen LogP contribution in [-0.2, 0) is 11.3 Å². The summed E-state index contributed by atoms with van der Waals surface area (Å²) in [6.07, 6.45) is 5.34. The van der Waals surface area contributed by atoms with Gasteiger partial charge in [-0.05, 0) is 12.3 Å². The van der Waals surface area contributed by atoms with Crippen LogP contribution in [-0.4, -0.2) is 37.0 Å². The molecule has 0 unspecified atom stereocenters. The summed E-state index contributed by atoms with van der Waals surface area (Å²) in [7, 11) is 1.68. The first-order valence-corrected chi connectivity index (χ1v) is 6.64. The molecule has 1 aliphatic carbocycles. The summed E-state index contributed by atoms with van der Waals surface area (Å²) in [6, 6.07) is 0.526. The van der Waals surface area contributed by atoms with Crippen molar-refractivity contribution in [1.82, 2.24) is 15.5 Å². The highest BCUT2D eigenvalue weighted by Gasteiger charge is 2.16. The van der Waals surface area contributed by atoms with Gasteiger partial charge in [-0.15, -0.1) is 5.10 Å². The normalized spacial score (nSPS) is 15.6. The molecular weight excluding hydrogens is 232 g/mol. The highest BCUT2D eigenvalue weighted by molar-refractivity contribution is 5.16. The van der Waals surface area contributed by atoms with E-state index in [-0.39, 0.29) is 0 Å². The monoisotopic (exact) mass is 254 g/mol. The first-order chi connectivity index (χ1) is 8.88. The van der Waals surface area contributed by atoms with Crippen LogP contribution < -0.4 is 10.6 Å². The number of aromatic nitrogens is 2. The molecule has 102 valence electrons. The molecule has 18 heavy (non-hydrogen) atoms. The number of methoxy groups -OCH3 is 1. The van der Waals surface area contributed by atoms with Crippen molar-refractivity contribution in [2.45, 2.75) is 32.2 Å². The van der Waals surface area contributed by atoms with Gasteiger partial charge in [-0.25, -0.2) is 0 Å². The first kappa shape index (κ1) is 13.3. The molecule has 1 saturated carbocycles. The molecule has 1 aromatic rings. The molecule has 0 bridgehead atoms. The molecule has 2 N–H and O–H groups in total. The van der Waals surface area contributed by atoms with Gasteiger partial charge in [0.15, 0.2) is 0 Å². The van der Waals surface area contributed by atoms with Gasteiger partial charge in [-0.3, -0.25) is 0 Å². The van der Waals surface area contributed by atoms with Gasteiger partial charge in [-0.1, -0.05) is 24.4 Å². The van der Waals surface area contributed by atoms with Crippen molar-refractivity contribution < 1.29 is 9.15 Å². The Morgan fingerprint density at radius 2 is 2.22 bits per heavy atom. The van der Waals surface area contributed by atoms with E-state index in [0.717, 1.165) is 19.0 Å². The molecule has 6 nitrogen and oxygen atoms in total. The molecule has 6 heteroatoms. The SMILES string of the molecule is COCCNCc1nnc(NCCC2CCC2)o1. The van der Waals surface area contributed by atoms with E-state index >= 15 is 0 Å². The van der Waals surface area contributed by atoms with Crippen LogP contribution in [0.1, 0.15) is 31.6 Å². The average Bonchev–Trinajstić information content (AvgIpc) is 2.76. The lowest BCUT2D eigenvalue weighted by Gasteiger charge is -2.24. The van der Waals surface area contributed by atoms with Crippen molar-refractivity contribution >= 4 is 6.01 Å². The minimum atomic E-state index is 0.526. The highest BCUT2D eigenvalue weighted by atomic mass is 16.5. The Morgan fingerprint density at radius 3 is 2.94 bits per heavy atom. The molecule has 1 aromatic heterocycles. The van der Waals surface area contributed by atoms with Gasteiger partial charge < -0.3 is 19.8 Å². The molecule has 0 spiro atoms. The van der Waals surface area contributed by atoms with Crippen molar-refractivity contribution in [2.24, 2.45) is 5.92 Å². The van der Waals surface area contributed by atoms with E-state index in [4.69, 9.17) is 9.15 Å². The fraction of sp³-hybridized carbons (Fsp3) is 0.833. The molecule has 0 aliphatic heterocycles. The van der Waals surface area contributed by atoms with E-state index in [1.165, 1.54) is 25.7 Å². The molecule has 1 aliphatic rings. The predicted molar refractivity (Wildman–Crippen MR) is 68.3 cm³/mol. The van der Waals surface area contributed by atoms with Crippen LogP contribution in [0.4, 0.5) is 6.01 Å². The van der Waals surface area contributed by atoms with Crippen molar-refractivity contribution in [2.75, 3.05) is 32.1 Å². The second-order valence-electron chi connectivity index (χ2n) is 4.68. The zero-order valence-corrected chi connectivity index (χ0v) is 10.9. The minimum Gasteiger partial charge on any atom is -0.407 e. The van der Waals surface area contributed by atoms with Crippen LogP contribution in [0.3, 0.4) is 0 Å². The van der Waals surface area contributed by atoms with E-state index in [2.05, 4.69) is 20.8 Å². The first-order valence-electron chi connectivity index (χ1n) is 6.64. The summed E-state index contributed by atoms with van der Waals surface area (Å²) in [5, 5.41) is 14.3. The quantitative estimate of drug-likeness (QED) is 0.649. The zero-order valence-electron chi connectivity index (χ0n) is 10.9. The van der Waals surface area contributed by atoms with Gasteiger partial charge in [-0.2, -0.15) is 0 Å². The van der Waals surface area contributed by atoms with E-state index < -0.39 is 0 Å². The van der Waals surface area contributed by atoms with Crippen LogP contribution in [0.25, 0.3) is 0 Å². The predicted octanol–water partition coefficient (Wildman–Crippen LogP) is 1.41. The number of anilines is 1. The van der Waals surface area contributed by atoms with E-state index in [9.17, 15) is 0 Å². The topological polar surface area (TPSA) is 72.2 Å². The third kappa shape index (κ3) is 4.27. The number of hydrogen-bond donors (Lipinski definition) is 2. The molecule has 0 amide bonds. The van der Waals surface area contributed by atoms with Crippen molar-refractivity contribution in [1.29, 1.82) is 0 Å². The summed E-state index contributed by atoms with van der Waals surface area (Å²) < 4.78 is 10.4. The van der Waals surface area contributed by atoms with Crippen LogP contribution in [0.2, 0.25) is 0 Å². The largest absolute Gasteiger partial charge is 0.407 e. The smallest absolute Gasteiger partial charge is 0.315 e. The fourth-order valence-electron chi connectivity index (χ4n) is 1.93. The lowest BCUT2D eigenvalue weighted by Crippen LogP contribution is -2.18. The van der Waals surface area contributed by atoms with Crippen molar-refractivity contribution in [3.05, 3.63) is 5.89 Å².